The van der Waals surface area contributed by atoms with Crippen LogP contribution in [0.25, 0.3) is 0 Å². The molecule has 1 aliphatic rings. The zero-order chi connectivity index (χ0) is 25.2. The molecule has 35 heavy (non-hydrogen) atoms. The molecule has 0 radical (unpaired) electrons. The number of carbonyl (C=O) groups is 2. The van der Waals surface area contributed by atoms with Gasteiger partial charge in [0.15, 0.2) is 11.3 Å². The van der Waals surface area contributed by atoms with Gasteiger partial charge in [0.2, 0.25) is 0 Å². The second-order valence-electron chi connectivity index (χ2n) is 8.83. The monoisotopic (exact) mass is 476 g/mol. The van der Waals surface area contributed by atoms with Crippen molar-refractivity contribution in [1.82, 2.24) is 9.55 Å². The Labute approximate surface area is 202 Å². The summed E-state index contributed by atoms with van der Waals surface area (Å²) in [6.07, 6.45) is 1.60. The molecule has 4 rings (SSSR count). The Hall–Kier alpha value is -4.14. The number of ether oxygens (including phenoxy) is 1. The summed E-state index contributed by atoms with van der Waals surface area (Å²) in [5.74, 6) is -1.33. The molecule has 0 spiro atoms. The lowest BCUT2D eigenvalue weighted by molar-refractivity contribution is -0.137. The first kappa shape index (κ1) is 24.0. The summed E-state index contributed by atoms with van der Waals surface area (Å²) in [5, 5.41) is 0. The molecule has 9 heteroatoms. The summed E-state index contributed by atoms with van der Waals surface area (Å²) in [5.41, 5.74) is 5.00. The van der Waals surface area contributed by atoms with E-state index in [1.54, 1.807) is 24.3 Å². The molecule has 0 saturated heterocycles. The van der Waals surface area contributed by atoms with Gasteiger partial charge in [-0.15, -0.1) is 0 Å². The van der Waals surface area contributed by atoms with E-state index >= 15 is 0 Å². The number of esters is 1. The summed E-state index contributed by atoms with van der Waals surface area (Å²) < 4.78 is 6.91. The Morgan fingerprint density at radius 3 is 2.51 bits per heavy atom. The topological polar surface area (TPSA) is 127 Å². The Morgan fingerprint density at radius 1 is 1.11 bits per heavy atom. The molecule has 0 fully saturated rings. The predicted octanol–water partition coefficient (Wildman–Crippen LogP) is 2.62. The van der Waals surface area contributed by atoms with Crippen molar-refractivity contribution < 1.29 is 14.3 Å². The van der Waals surface area contributed by atoms with Gasteiger partial charge < -0.3 is 10.5 Å². The molecule has 1 aromatic heterocycles. The Bertz CT molecular complexity index is 1380. The number of nitrogens with zero attached hydrogens (tertiary/aromatic N) is 2. The first-order chi connectivity index (χ1) is 16.7. The molecule has 9 nitrogen and oxygen atoms in total. The molecule has 0 aliphatic carbocycles. The van der Waals surface area contributed by atoms with Crippen molar-refractivity contribution in [1.29, 1.82) is 0 Å². The molecule has 1 atom stereocenters. The average molecular weight is 477 g/mol. The number of fused-ring (bicyclic) bond motifs is 1. The number of hydrogen-bond acceptors (Lipinski definition) is 6. The van der Waals surface area contributed by atoms with Crippen LogP contribution >= 0.6 is 0 Å². The Morgan fingerprint density at radius 2 is 1.80 bits per heavy atom. The van der Waals surface area contributed by atoms with Crippen molar-refractivity contribution in [2.45, 2.75) is 51.8 Å². The third-order valence-electron chi connectivity index (χ3n) is 6.18. The highest BCUT2D eigenvalue weighted by molar-refractivity contribution is 6.04. The number of aromatic nitrogens is 2. The summed E-state index contributed by atoms with van der Waals surface area (Å²) in [6.45, 7) is 3.78. The van der Waals surface area contributed by atoms with Crippen molar-refractivity contribution in [3.8, 4) is 0 Å². The molecule has 2 aromatic carbocycles. The van der Waals surface area contributed by atoms with Gasteiger partial charge >= 0.3 is 11.7 Å². The number of carbonyl (C=O) groups excluding carboxylic acids is 2. The largest absolute Gasteiger partial charge is 0.445 e. The second-order valence-corrected chi connectivity index (χ2v) is 8.83. The average Bonchev–Trinajstić information content (AvgIpc) is 2.83. The maximum absolute atomic E-state index is 14.0. The summed E-state index contributed by atoms with van der Waals surface area (Å²) in [6, 6.07) is 16.0. The molecule has 0 bridgehead atoms. The van der Waals surface area contributed by atoms with Gasteiger partial charge in [0, 0.05) is 13.0 Å². The number of H-pyrrole nitrogens is 1. The Balaban J connectivity index is 1.83. The molecule has 0 saturated carbocycles. The van der Waals surface area contributed by atoms with Crippen molar-refractivity contribution in [2.75, 3.05) is 10.6 Å². The number of unbranched alkanes of at least 4 members (excludes halogenated alkanes) is 1. The van der Waals surface area contributed by atoms with Gasteiger partial charge in [-0.1, -0.05) is 61.9 Å². The van der Waals surface area contributed by atoms with E-state index < -0.39 is 28.7 Å². The lowest BCUT2D eigenvalue weighted by Gasteiger charge is -2.37. The van der Waals surface area contributed by atoms with Crippen molar-refractivity contribution in [3.05, 3.63) is 92.1 Å². The zero-order valence-electron chi connectivity index (χ0n) is 19.7. The number of rotatable bonds is 7. The van der Waals surface area contributed by atoms with Crippen molar-refractivity contribution >= 4 is 23.4 Å². The quantitative estimate of drug-likeness (QED) is 0.505. The number of aromatic amines is 1. The van der Waals surface area contributed by atoms with Crippen LogP contribution in [0, 0.1) is 0 Å². The second kappa shape index (κ2) is 9.61. The highest BCUT2D eigenvalue weighted by Gasteiger charge is 2.46. The third kappa shape index (κ3) is 4.62. The normalized spacial score (nSPS) is 16.9. The predicted molar refractivity (Wildman–Crippen MR) is 132 cm³/mol. The van der Waals surface area contributed by atoms with Gasteiger partial charge in [-0.25, -0.2) is 9.59 Å². The minimum absolute atomic E-state index is 0.00623. The fraction of sp³-hybridized carbons (Fsp3) is 0.308. The number of nitrogens with two attached hydrogens (primary N) is 1. The van der Waals surface area contributed by atoms with Gasteiger partial charge in [0.25, 0.3) is 11.5 Å². The maximum Gasteiger partial charge on any atom is 0.339 e. The van der Waals surface area contributed by atoms with Crippen LogP contribution in [0.5, 0.6) is 0 Å². The number of anilines is 2. The molecular formula is C26H28N4O5. The summed E-state index contributed by atoms with van der Waals surface area (Å²) in [7, 11) is 0. The fourth-order valence-corrected chi connectivity index (χ4v) is 4.33. The van der Waals surface area contributed by atoms with Crippen LogP contribution in [0.3, 0.4) is 0 Å². The van der Waals surface area contributed by atoms with Crippen LogP contribution in [0.15, 0.2) is 64.2 Å². The van der Waals surface area contributed by atoms with E-state index in [-0.39, 0.29) is 31.0 Å². The lowest BCUT2D eigenvalue weighted by atomic mass is 9.88. The van der Waals surface area contributed by atoms with Crippen LogP contribution in [-0.4, -0.2) is 27.0 Å². The highest BCUT2D eigenvalue weighted by Crippen LogP contribution is 2.32. The van der Waals surface area contributed by atoms with Gasteiger partial charge in [0.05, 0.1) is 12.1 Å². The summed E-state index contributed by atoms with van der Waals surface area (Å²) >= 11 is 0. The van der Waals surface area contributed by atoms with Crippen LogP contribution in [0.1, 0.15) is 48.2 Å². The fourth-order valence-electron chi connectivity index (χ4n) is 4.33. The SMILES string of the molecule is CCCCn1c(N)c(N(Cc2ccccc2)C(=O)C2(C)Cc3ccccc3C(=O)O2)c(=O)[nH]c1=O. The van der Waals surface area contributed by atoms with Crippen LogP contribution in [-0.2, 0) is 29.0 Å². The van der Waals surface area contributed by atoms with Crippen LogP contribution in [0.4, 0.5) is 11.5 Å². The first-order valence-electron chi connectivity index (χ1n) is 11.5. The Kier molecular flexibility index (Phi) is 6.59. The van der Waals surface area contributed by atoms with Crippen molar-refractivity contribution in [3.63, 3.8) is 0 Å². The molecule has 1 unspecified atom stereocenters. The lowest BCUT2D eigenvalue weighted by Crippen LogP contribution is -2.54. The van der Waals surface area contributed by atoms with Crippen molar-refractivity contribution in [2.24, 2.45) is 0 Å². The van der Waals surface area contributed by atoms with E-state index in [4.69, 9.17) is 10.5 Å². The zero-order valence-corrected chi connectivity index (χ0v) is 19.7. The van der Waals surface area contributed by atoms with Gasteiger partial charge in [-0.2, -0.15) is 0 Å². The third-order valence-corrected chi connectivity index (χ3v) is 6.18. The number of amides is 1. The number of cyclic esters (lactones) is 1. The van der Waals surface area contributed by atoms with E-state index in [9.17, 15) is 19.2 Å². The number of benzene rings is 2. The molecule has 182 valence electrons. The number of nitrogens with one attached hydrogen (secondary N) is 1. The smallest absolute Gasteiger partial charge is 0.339 e. The van der Waals surface area contributed by atoms with Gasteiger partial charge in [-0.3, -0.25) is 24.0 Å². The molecule has 3 N–H and O–H groups in total. The van der Waals surface area contributed by atoms with E-state index in [0.29, 0.717) is 17.5 Å². The standard InChI is InChI=1S/C26H28N4O5/c1-3-4-14-29-21(27)20(22(31)28-25(29)34)30(16-17-10-6-5-7-11-17)24(33)26(2)15-18-12-8-9-13-19(18)23(32)35-26/h5-13H,3-4,14-16,27H2,1-2H3,(H,28,31,34). The van der Waals surface area contributed by atoms with E-state index in [0.717, 1.165) is 12.0 Å². The molecule has 1 amide bonds. The van der Waals surface area contributed by atoms with E-state index in [1.807, 2.05) is 37.3 Å². The van der Waals surface area contributed by atoms with E-state index in [2.05, 4.69) is 4.98 Å². The highest BCUT2D eigenvalue weighted by atomic mass is 16.6. The van der Waals surface area contributed by atoms with Crippen LogP contribution in [0.2, 0.25) is 0 Å². The number of hydrogen-bond donors (Lipinski definition) is 2. The number of nitrogen functional groups attached to an aromatic ring is 1. The van der Waals surface area contributed by atoms with E-state index in [1.165, 1.54) is 16.4 Å². The van der Waals surface area contributed by atoms with Gasteiger partial charge in [-0.05, 0) is 30.5 Å². The minimum atomic E-state index is -1.58. The maximum atomic E-state index is 14.0. The molecule has 2 heterocycles. The minimum Gasteiger partial charge on any atom is -0.445 e. The van der Waals surface area contributed by atoms with Crippen LogP contribution < -0.4 is 21.9 Å². The first-order valence-corrected chi connectivity index (χ1v) is 11.5. The molecule has 1 aliphatic heterocycles. The van der Waals surface area contributed by atoms with Gasteiger partial charge in [0.1, 0.15) is 5.82 Å². The summed E-state index contributed by atoms with van der Waals surface area (Å²) in [4.78, 5) is 55.8. The molecular weight excluding hydrogens is 448 g/mol. The molecule has 3 aromatic rings.